The molecule has 3 nitrogen and oxygen atoms in total. The lowest BCUT2D eigenvalue weighted by Gasteiger charge is -2.01. The topological polar surface area (TPSA) is 42.9 Å². The van der Waals surface area contributed by atoms with Gasteiger partial charge < -0.3 is 0 Å². The van der Waals surface area contributed by atoms with Gasteiger partial charge in [-0.3, -0.25) is 9.78 Å². The lowest BCUT2D eigenvalue weighted by molar-refractivity contribution is 0.103. The van der Waals surface area contributed by atoms with Crippen molar-refractivity contribution in [2.75, 3.05) is 0 Å². The van der Waals surface area contributed by atoms with Crippen LogP contribution < -0.4 is 0 Å². The van der Waals surface area contributed by atoms with E-state index in [1.165, 1.54) is 12.1 Å². The van der Waals surface area contributed by atoms with E-state index in [4.69, 9.17) is 23.2 Å². The average Bonchev–Trinajstić information content (AvgIpc) is 2.28. The maximum Gasteiger partial charge on any atom is 0.193 e. The van der Waals surface area contributed by atoms with Crippen LogP contribution in [-0.2, 0) is 0 Å². The molecule has 0 bridgehead atoms. The molecule has 0 aliphatic carbocycles. The molecule has 0 aliphatic rings. The smallest absolute Gasteiger partial charge is 0.193 e. The highest BCUT2D eigenvalue weighted by atomic mass is 35.5. The largest absolute Gasteiger partial charge is 0.289 e. The van der Waals surface area contributed by atoms with Crippen LogP contribution in [-0.4, -0.2) is 15.8 Å². The molecule has 0 fully saturated rings. The fourth-order valence-corrected chi connectivity index (χ4v) is 1.73. The number of ketones is 1. The van der Waals surface area contributed by atoms with Gasteiger partial charge in [0, 0.05) is 23.5 Å². The summed E-state index contributed by atoms with van der Waals surface area (Å²) >= 11 is 11.4. The predicted molar refractivity (Wildman–Crippen MR) is 61.9 cm³/mol. The Morgan fingerprint density at radius 2 is 1.56 bits per heavy atom. The van der Waals surface area contributed by atoms with E-state index in [1.54, 1.807) is 24.5 Å². The Hall–Kier alpha value is -1.45. The van der Waals surface area contributed by atoms with E-state index < -0.39 is 0 Å². The van der Waals surface area contributed by atoms with Crippen LogP contribution in [0.15, 0.2) is 36.7 Å². The zero-order valence-electron chi connectivity index (χ0n) is 8.02. The average molecular weight is 253 g/mol. The zero-order chi connectivity index (χ0) is 11.5. The van der Waals surface area contributed by atoms with Crippen LogP contribution in [0, 0.1) is 0 Å². The van der Waals surface area contributed by atoms with Crippen molar-refractivity contribution in [1.82, 2.24) is 9.97 Å². The van der Waals surface area contributed by atoms with Crippen molar-refractivity contribution in [3.05, 3.63) is 58.1 Å². The summed E-state index contributed by atoms with van der Waals surface area (Å²) in [4.78, 5) is 19.6. The van der Waals surface area contributed by atoms with Gasteiger partial charge in [-0.15, -0.1) is 0 Å². The fourth-order valence-electron chi connectivity index (χ4n) is 1.27. The molecule has 2 heterocycles. The molecule has 0 amide bonds. The maximum atomic E-state index is 12.0. The van der Waals surface area contributed by atoms with E-state index in [2.05, 4.69) is 9.97 Å². The predicted octanol–water partition coefficient (Wildman–Crippen LogP) is 3.01. The number of pyridine rings is 2. The first-order valence-corrected chi connectivity index (χ1v) is 5.20. The number of halogens is 2. The second-order valence-corrected chi connectivity index (χ2v) is 3.84. The number of nitrogens with zero attached hydrogens (tertiary/aromatic N) is 2. The Balaban J connectivity index is 2.42. The molecular formula is C11H6Cl2N2O. The highest BCUT2D eigenvalue weighted by Gasteiger charge is 2.10. The number of hydrogen-bond donors (Lipinski definition) is 0. The maximum absolute atomic E-state index is 12.0. The van der Waals surface area contributed by atoms with E-state index in [0.29, 0.717) is 11.1 Å². The molecule has 5 heteroatoms. The first-order chi connectivity index (χ1) is 7.66. The fraction of sp³-hybridized carbons (Fsp3) is 0. The molecule has 80 valence electrons. The van der Waals surface area contributed by atoms with Crippen LogP contribution in [0.1, 0.15) is 15.9 Å². The van der Waals surface area contributed by atoms with Gasteiger partial charge in [-0.05, 0) is 24.3 Å². The molecule has 2 aromatic rings. The second-order valence-electron chi connectivity index (χ2n) is 3.07. The van der Waals surface area contributed by atoms with Crippen LogP contribution in [0.25, 0.3) is 0 Å². The van der Waals surface area contributed by atoms with Gasteiger partial charge in [-0.1, -0.05) is 23.2 Å². The minimum atomic E-state index is -0.159. The molecule has 0 saturated carbocycles. The number of rotatable bonds is 2. The van der Waals surface area contributed by atoms with Crippen molar-refractivity contribution < 1.29 is 4.79 Å². The molecule has 2 rings (SSSR count). The van der Waals surface area contributed by atoms with Crippen LogP contribution in [0.5, 0.6) is 0 Å². The van der Waals surface area contributed by atoms with Gasteiger partial charge in [-0.25, -0.2) is 4.98 Å². The molecule has 0 saturated heterocycles. The van der Waals surface area contributed by atoms with Gasteiger partial charge in [0.15, 0.2) is 5.78 Å². The van der Waals surface area contributed by atoms with E-state index in [1.807, 2.05) is 0 Å². The molecule has 0 radical (unpaired) electrons. The SMILES string of the molecule is O=C(c1ccncc1)c1cc(Cl)nc(Cl)c1. The zero-order valence-corrected chi connectivity index (χ0v) is 9.53. The van der Waals surface area contributed by atoms with Gasteiger partial charge in [-0.2, -0.15) is 0 Å². The normalized spacial score (nSPS) is 10.1. The standard InChI is InChI=1S/C11H6Cl2N2O/c12-9-5-8(6-10(13)15-9)11(16)7-1-3-14-4-2-7/h1-6H. The summed E-state index contributed by atoms with van der Waals surface area (Å²) in [5, 5.41) is 0.398. The monoisotopic (exact) mass is 252 g/mol. The molecule has 0 spiro atoms. The first kappa shape index (κ1) is 11.0. The van der Waals surface area contributed by atoms with Crippen molar-refractivity contribution in [1.29, 1.82) is 0 Å². The number of carbonyl (C=O) groups excluding carboxylic acids is 1. The summed E-state index contributed by atoms with van der Waals surface area (Å²) < 4.78 is 0. The second kappa shape index (κ2) is 4.60. The van der Waals surface area contributed by atoms with Crippen molar-refractivity contribution >= 4 is 29.0 Å². The Morgan fingerprint density at radius 1 is 1.00 bits per heavy atom. The molecule has 0 atom stereocenters. The van der Waals surface area contributed by atoms with Gasteiger partial charge in [0.1, 0.15) is 10.3 Å². The number of carbonyl (C=O) groups is 1. The van der Waals surface area contributed by atoms with Crippen LogP contribution in [0.3, 0.4) is 0 Å². The summed E-state index contributed by atoms with van der Waals surface area (Å²) in [7, 11) is 0. The summed E-state index contributed by atoms with van der Waals surface area (Å²) in [6.45, 7) is 0. The molecule has 0 aliphatic heterocycles. The third-order valence-electron chi connectivity index (χ3n) is 1.97. The quantitative estimate of drug-likeness (QED) is 0.610. The van der Waals surface area contributed by atoms with E-state index in [0.717, 1.165) is 0 Å². The molecule has 0 unspecified atom stereocenters. The van der Waals surface area contributed by atoms with Gasteiger partial charge in [0.05, 0.1) is 0 Å². The highest BCUT2D eigenvalue weighted by Crippen LogP contribution is 2.17. The molecular weight excluding hydrogens is 247 g/mol. The van der Waals surface area contributed by atoms with Crippen LogP contribution in [0.2, 0.25) is 10.3 Å². The Kier molecular flexibility index (Phi) is 3.17. The van der Waals surface area contributed by atoms with Gasteiger partial charge in [0.2, 0.25) is 0 Å². The van der Waals surface area contributed by atoms with E-state index in [9.17, 15) is 4.79 Å². The number of hydrogen-bond acceptors (Lipinski definition) is 3. The Bertz CT molecular complexity index is 509. The van der Waals surface area contributed by atoms with Gasteiger partial charge in [0.25, 0.3) is 0 Å². The molecule has 0 N–H and O–H groups in total. The summed E-state index contributed by atoms with van der Waals surface area (Å²) in [5.74, 6) is -0.159. The van der Waals surface area contributed by atoms with Crippen LogP contribution in [0.4, 0.5) is 0 Å². The lowest BCUT2D eigenvalue weighted by Crippen LogP contribution is -2.01. The highest BCUT2D eigenvalue weighted by molar-refractivity contribution is 6.33. The summed E-state index contributed by atoms with van der Waals surface area (Å²) in [5.41, 5.74) is 0.949. The molecule has 16 heavy (non-hydrogen) atoms. The van der Waals surface area contributed by atoms with E-state index in [-0.39, 0.29) is 16.1 Å². The van der Waals surface area contributed by atoms with Crippen LogP contribution >= 0.6 is 23.2 Å². The lowest BCUT2D eigenvalue weighted by atomic mass is 10.1. The van der Waals surface area contributed by atoms with Crippen molar-refractivity contribution in [3.63, 3.8) is 0 Å². The first-order valence-electron chi connectivity index (χ1n) is 4.44. The Labute approximate surface area is 102 Å². The Morgan fingerprint density at radius 3 is 2.12 bits per heavy atom. The number of aromatic nitrogens is 2. The van der Waals surface area contributed by atoms with Crippen molar-refractivity contribution in [2.45, 2.75) is 0 Å². The minimum absolute atomic E-state index is 0.159. The van der Waals surface area contributed by atoms with Gasteiger partial charge >= 0.3 is 0 Å². The van der Waals surface area contributed by atoms with Crippen molar-refractivity contribution in [3.8, 4) is 0 Å². The third-order valence-corrected chi connectivity index (χ3v) is 2.35. The minimum Gasteiger partial charge on any atom is -0.289 e. The summed E-state index contributed by atoms with van der Waals surface area (Å²) in [6, 6.07) is 6.22. The third kappa shape index (κ3) is 2.38. The van der Waals surface area contributed by atoms with E-state index >= 15 is 0 Å². The molecule has 2 aromatic heterocycles. The molecule has 0 aromatic carbocycles. The van der Waals surface area contributed by atoms with Crippen molar-refractivity contribution in [2.24, 2.45) is 0 Å². The summed E-state index contributed by atoms with van der Waals surface area (Å²) in [6.07, 6.45) is 3.11.